The maximum Gasteiger partial charge on any atom is 0.123 e. The predicted octanol–water partition coefficient (Wildman–Crippen LogP) is 4.55. The summed E-state index contributed by atoms with van der Waals surface area (Å²) in [5, 5.41) is 3.27. The maximum absolute atomic E-state index is 13.6. The maximum atomic E-state index is 13.6. The molecule has 0 amide bonds. The summed E-state index contributed by atoms with van der Waals surface area (Å²) >= 11 is 1.82. The molecule has 1 unspecified atom stereocenters. The van der Waals surface area contributed by atoms with E-state index in [9.17, 15) is 4.39 Å². The molecule has 2 aromatic rings. The molecule has 0 saturated carbocycles. The number of benzene rings is 2. The molecule has 0 aliphatic rings. The van der Waals surface area contributed by atoms with Crippen molar-refractivity contribution in [3.05, 3.63) is 65.0 Å². The van der Waals surface area contributed by atoms with Gasteiger partial charge in [-0.2, -0.15) is 0 Å². The average molecular weight is 289 g/mol. The van der Waals surface area contributed by atoms with Crippen molar-refractivity contribution in [3.63, 3.8) is 0 Å². The zero-order chi connectivity index (χ0) is 14.5. The summed E-state index contributed by atoms with van der Waals surface area (Å²) in [5.74, 6) is 0.885. The number of hydrogen-bond acceptors (Lipinski definition) is 2. The molecular weight excluding hydrogens is 269 g/mol. The fraction of sp³-hybridized carbons (Fsp3) is 0.294. The summed E-state index contributed by atoms with van der Waals surface area (Å²) in [7, 11) is 1.90. The Kier molecular flexibility index (Phi) is 5.21. The molecule has 2 aromatic carbocycles. The molecule has 0 saturated heterocycles. The van der Waals surface area contributed by atoms with Crippen LogP contribution in [0.15, 0.2) is 47.4 Å². The third-order valence-corrected chi connectivity index (χ3v) is 4.11. The van der Waals surface area contributed by atoms with Gasteiger partial charge >= 0.3 is 0 Å². The lowest BCUT2D eigenvalue weighted by atomic mass is 9.97. The third-order valence-electron chi connectivity index (χ3n) is 3.21. The minimum absolute atomic E-state index is 0.0186. The van der Waals surface area contributed by atoms with Crippen LogP contribution in [0.25, 0.3) is 0 Å². The Morgan fingerprint density at radius 2 is 1.80 bits per heavy atom. The minimum Gasteiger partial charge on any atom is -0.309 e. The summed E-state index contributed by atoms with van der Waals surface area (Å²) in [6.07, 6.45) is 0. The van der Waals surface area contributed by atoms with Crippen molar-refractivity contribution in [2.24, 2.45) is 0 Å². The highest BCUT2D eigenvalue weighted by Crippen LogP contribution is 2.26. The molecular formula is C17H20FNS. The second kappa shape index (κ2) is 6.91. The first kappa shape index (κ1) is 15.1. The number of thioether (sulfide) groups is 1. The summed E-state index contributed by atoms with van der Waals surface area (Å²) in [6.45, 7) is 4.06. The normalized spacial score (nSPS) is 12.4. The van der Waals surface area contributed by atoms with Gasteiger partial charge in [0.15, 0.2) is 0 Å². The average Bonchev–Trinajstić information content (AvgIpc) is 2.41. The van der Waals surface area contributed by atoms with Gasteiger partial charge < -0.3 is 5.32 Å². The summed E-state index contributed by atoms with van der Waals surface area (Å²) < 4.78 is 13.6. The van der Waals surface area contributed by atoms with E-state index in [1.807, 2.05) is 31.8 Å². The van der Waals surface area contributed by atoms with E-state index in [2.05, 4.69) is 36.5 Å². The molecule has 0 aromatic heterocycles. The van der Waals surface area contributed by atoms with Crippen molar-refractivity contribution in [1.82, 2.24) is 5.32 Å². The Balaban J connectivity index is 2.31. The van der Waals surface area contributed by atoms with Crippen molar-refractivity contribution < 1.29 is 4.39 Å². The molecule has 0 spiro atoms. The van der Waals surface area contributed by atoms with E-state index >= 15 is 0 Å². The first-order valence-electron chi connectivity index (χ1n) is 6.81. The second-order valence-electron chi connectivity index (χ2n) is 4.79. The molecule has 1 atom stereocenters. The van der Waals surface area contributed by atoms with Crippen molar-refractivity contribution in [2.45, 2.75) is 24.8 Å². The van der Waals surface area contributed by atoms with Crippen LogP contribution in [0.2, 0.25) is 0 Å². The number of hydrogen-bond donors (Lipinski definition) is 1. The summed E-state index contributed by atoms with van der Waals surface area (Å²) in [6, 6.07) is 13.7. The molecule has 2 rings (SSSR count). The number of aryl methyl sites for hydroxylation is 1. The van der Waals surface area contributed by atoms with E-state index in [-0.39, 0.29) is 11.9 Å². The van der Waals surface area contributed by atoms with E-state index < -0.39 is 0 Å². The van der Waals surface area contributed by atoms with E-state index in [1.165, 1.54) is 4.90 Å². The van der Waals surface area contributed by atoms with Crippen LogP contribution in [0.3, 0.4) is 0 Å². The van der Waals surface area contributed by atoms with Crippen LogP contribution in [0.1, 0.15) is 29.7 Å². The molecule has 0 radical (unpaired) electrons. The van der Waals surface area contributed by atoms with Crippen molar-refractivity contribution in [2.75, 3.05) is 12.8 Å². The summed E-state index contributed by atoms with van der Waals surface area (Å²) in [4.78, 5) is 1.27. The Morgan fingerprint density at radius 1 is 1.10 bits per heavy atom. The van der Waals surface area contributed by atoms with Gasteiger partial charge in [-0.3, -0.25) is 0 Å². The standard InChI is InChI=1S/C17H20FNS/c1-4-20-16-7-5-13(6-8-16)17(19-3)14-9-12(2)10-15(18)11-14/h5-11,17,19H,4H2,1-3H3. The molecule has 0 aliphatic heterocycles. The zero-order valence-electron chi connectivity index (χ0n) is 12.1. The molecule has 106 valence electrons. The monoisotopic (exact) mass is 289 g/mol. The lowest BCUT2D eigenvalue weighted by Crippen LogP contribution is -2.17. The van der Waals surface area contributed by atoms with E-state index in [0.29, 0.717) is 0 Å². The Hall–Kier alpha value is -1.32. The van der Waals surface area contributed by atoms with Crippen molar-refractivity contribution in [1.29, 1.82) is 0 Å². The first-order valence-corrected chi connectivity index (χ1v) is 7.79. The molecule has 1 N–H and O–H groups in total. The van der Waals surface area contributed by atoms with Crippen LogP contribution < -0.4 is 5.32 Å². The molecule has 0 aliphatic carbocycles. The molecule has 0 bridgehead atoms. The minimum atomic E-state index is -0.182. The van der Waals surface area contributed by atoms with E-state index in [0.717, 1.165) is 22.4 Å². The van der Waals surface area contributed by atoms with Gasteiger partial charge in [0.2, 0.25) is 0 Å². The van der Waals surface area contributed by atoms with Gasteiger partial charge in [-0.1, -0.05) is 25.1 Å². The lowest BCUT2D eigenvalue weighted by Gasteiger charge is -2.18. The Morgan fingerprint density at radius 3 is 2.35 bits per heavy atom. The third kappa shape index (κ3) is 3.62. The predicted molar refractivity (Wildman–Crippen MR) is 84.9 cm³/mol. The van der Waals surface area contributed by atoms with Crippen molar-refractivity contribution in [3.8, 4) is 0 Å². The molecule has 3 heteroatoms. The van der Waals surface area contributed by atoms with Crippen molar-refractivity contribution >= 4 is 11.8 Å². The lowest BCUT2D eigenvalue weighted by molar-refractivity contribution is 0.615. The van der Waals surface area contributed by atoms with Crippen LogP contribution in [-0.2, 0) is 0 Å². The fourth-order valence-corrected chi connectivity index (χ4v) is 3.04. The SMILES string of the molecule is CCSc1ccc(C(NC)c2cc(C)cc(F)c2)cc1. The fourth-order valence-electron chi connectivity index (χ4n) is 2.38. The van der Waals surface area contributed by atoms with Gasteiger partial charge in [-0.05, 0) is 60.7 Å². The van der Waals surface area contributed by atoms with Gasteiger partial charge in [-0.15, -0.1) is 11.8 Å². The zero-order valence-corrected chi connectivity index (χ0v) is 12.9. The molecule has 0 heterocycles. The quantitative estimate of drug-likeness (QED) is 0.810. The largest absolute Gasteiger partial charge is 0.309 e. The second-order valence-corrected chi connectivity index (χ2v) is 6.12. The highest BCUT2D eigenvalue weighted by atomic mass is 32.2. The Bertz CT molecular complexity index is 545. The van der Waals surface area contributed by atoms with Crippen LogP contribution in [0.5, 0.6) is 0 Å². The number of halogens is 1. The van der Waals surface area contributed by atoms with E-state index in [1.54, 1.807) is 12.1 Å². The molecule has 1 nitrogen and oxygen atoms in total. The van der Waals surface area contributed by atoms with Gasteiger partial charge in [0.05, 0.1) is 6.04 Å². The molecule has 0 fully saturated rings. The highest BCUT2D eigenvalue weighted by Gasteiger charge is 2.13. The number of rotatable bonds is 5. The van der Waals surface area contributed by atoms with Gasteiger partial charge in [-0.25, -0.2) is 4.39 Å². The first-order chi connectivity index (χ1) is 9.63. The topological polar surface area (TPSA) is 12.0 Å². The summed E-state index contributed by atoms with van der Waals surface area (Å²) in [5.41, 5.74) is 3.05. The van der Waals surface area contributed by atoms with Crippen LogP contribution in [-0.4, -0.2) is 12.8 Å². The van der Waals surface area contributed by atoms with Gasteiger partial charge in [0, 0.05) is 4.90 Å². The van der Waals surface area contributed by atoms with Gasteiger partial charge in [0.25, 0.3) is 0 Å². The van der Waals surface area contributed by atoms with Gasteiger partial charge in [0.1, 0.15) is 5.82 Å². The highest BCUT2D eigenvalue weighted by molar-refractivity contribution is 7.99. The van der Waals surface area contributed by atoms with Crippen LogP contribution >= 0.6 is 11.8 Å². The van der Waals surface area contributed by atoms with Crippen LogP contribution in [0.4, 0.5) is 4.39 Å². The number of nitrogens with one attached hydrogen (secondary N) is 1. The molecule has 20 heavy (non-hydrogen) atoms. The van der Waals surface area contributed by atoms with E-state index in [4.69, 9.17) is 0 Å². The van der Waals surface area contributed by atoms with Crippen LogP contribution in [0, 0.1) is 12.7 Å². The Labute approximate surface area is 124 Å². The smallest absolute Gasteiger partial charge is 0.123 e.